The van der Waals surface area contributed by atoms with Gasteiger partial charge in [-0.3, -0.25) is 0 Å². The van der Waals surface area contributed by atoms with Gasteiger partial charge in [-0.15, -0.1) is 0 Å². The maximum Gasteiger partial charge on any atom is 0.344 e. The second kappa shape index (κ2) is 5.82. The molecule has 6 nitrogen and oxygen atoms in total. The summed E-state index contributed by atoms with van der Waals surface area (Å²) in [5, 5.41) is 1.70. The predicted octanol–water partition coefficient (Wildman–Crippen LogP) is 0.0919. The lowest BCUT2D eigenvalue weighted by Gasteiger charge is -2.05. The SMILES string of the molecule is COC(=O)c1cc(OC)c(C)cc1[NH+]=O.[OH-]. The molecular weight excluding hydrogens is 214 g/mol. The number of aryl methyl sites for hydroxylation is 1. The van der Waals surface area contributed by atoms with Crippen LogP contribution in [0.4, 0.5) is 5.69 Å². The van der Waals surface area contributed by atoms with Gasteiger partial charge in [0.25, 0.3) is 5.69 Å². The number of hydrogen-bond donors (Lipinski definition) is 1. The van der Waals surface area contributed by atoms with Crippen molar-refractivity contribution in [1.82, 2.24) is 0 Å². The summed E-state index contributed by atoms with van der Waals surface area (Å²) in [7, 11) is 2.75. The topological polar surface area (TPSA) is 96.6 Å². The predicted molar refractivity (Wildman–Crippen MR) is 55.0 cm³/mol. The minimum Gasteiger partial charge on any atom is -0.870 e. The number of carbonyl (C=O) groups is 1. The van der Waals surface area contributed by atoms with Crippen molar-refractivity contribution < 1.29 is 24.9 Å². The minimum atomic E-state index is -0.577. The number of carbonyl (C=O) groups excluding carboxylic acids is 1. The van der Waals surface area contributed by atoms with E-state index in [2.05, 4.69) is 4.74 Å². The molecule has 0 saturated carbocycles. The van der Waals surface area contributed by atoms with Crippen LogP contribution in [0.2, 0.25) is 0 Å². The van der Waals surface area contributed by atoms with Gasteiger partial charge in [-0.1, -0.05) is 0 Å². The van der Waals surface area contributed by atoms with E-state index in [1.165, 1.54) is 26.4 Å². The summed E-state index contributed by atoms with van der Waals surface area (Å²) in [6.07, 6.45) is 0. The van der Waals surface area contributed by atoms with E-state index in [1.807, 2.05) is 0 Å². The summed E-state index contributed by atoms with van der Waals surface area (Å²) in [4.78, 5) is 21.9. The van der Waals surface area contributed by atoms with Crippen molar-refractivity contribution in [2.45, 2.75) is 6.92 Å². The number of benzene rings is 1. The summed E-state index contributed by atoms with van der Waals surface area (Å²) in [5.41, 5.74) is 1.11. The average Bonchev–Trinajstić information content (AvgIpc) is 2.27. The van der Waals surface area contributed by atoms with Gasteiger partial charge in [-0.25, -0.2) is 4.79 Å². The van der Waals surface area contributed by atoms with Crippen LogP contribution in [-0.4, -0.2) is 25.7 Å². The molecule has 0 atom stereocenters. The van der Waals surface area contributed by atoms with Crippen LogP contribution in [-0.2, 0) is 4.74 Å². The first kappa shape index (κ1) is 14.1. The smallest absolute Gasteiger partial charge is 0.344 e. The molecule has 0 unspecified atom stereocenters. The lowest BCUT2D eigenvalue weighted by molar-refractivity contribution is -0.379. The van der Waals surface area contributed by atoms with E-state index in [0.717, 1.165) is 5.56 Å². The highest BCUT2D eigenvalue weighted by Gasteiger charge is 2.19. The van der Waals surface area contributed by atoms with Crippen molar-refractivity contribution in [3.8, 4) is 5.75 Å². The van der Waals surface area contributed by atoms with E-state index in [0.29, 0.717) is 5.75 Å². The van der Waals surface area contributed by atoms with Crippen LogP contribution in [0.25, 0.3) is 0 Å². The molecule has 6 heteroatoms. The highest BCUT2D eigenvalue weighted by Crippen LogP contribution is 2.24. The maximum absolute atomic E-state index is 11.3. The summed E-state index contributed by atoms with van der Waals surface area (Å²) in [5.74, 6) is -0.0407. The number of hydrogen-bond acceptors (Lipinski definition) is 5. The van der Waals surface area contributed by atoms with Crippen molar-refractivity contribution in [3.63, 3.8) is 0 Å². The van der Waals surface area contributed by atoms with Crippen LogP contribution in [0.15, 0.2) is 12.1 Å². The fourth-order valence-corrected chi connectivity index (χ4v) is 1.27. The Labute approximate surface area is 92.5 Å². The molecule has 0 heterocycles. The van der Waals surface area contributed by atoms with Gasteiger partial charge < -0.3 is 14.9 Å². The molecule has 0 radical (unpaired) electrons. The summed E-state index contributed by atoms with van der Waals surface area (Å²) in [6, 6.07) is 3.01. The van der Waals surface area contributed by atoms with Crippen molar-refractivity contribution >= 4 is 11.7 Å². The Hall–Kier alpha value is -1.95. The van der Waals surface area contributed by atoms with Crippen LogP contribution >= 0.6 is 0 Å². The number of nitroso groups, excluding NO2 is 1. The quantitative estimate of drug-likeness (QED) is 0.738. The molecule has 0 aliphatic heterocycles. The standard InChI is InChI=1S/C10H11NO4.H2O/c1-6-4-8(11-13)7(10(12)15-3)5-9(6)14-2;/h4-5H,1-3H3;1H2. The van der Waals surface area contributed by atoms with Gasteiger partial charge in [0.2, 0.25) is 0 Å². The first-order valence-corrected chi connectivity index (χ1v) is 4.29. The Morgan fingerprint density at radius 3 is 2.38 bits per heavy atom. The zero-order chi connectivity index (χ0) is 11.4. The Balaban J connectivity index is 0.00000225. The van der Waals surface area contributed by atoms with Crippen molar-refractivity contribution in [1.29, 1.82) is 0 Å². The molecule has 0 aromatic heterocycles. The Bertz CT molecular complexity index is 402. The Morgan fingerprint density at radius 2 is 1.94 bits per heavy atom. The third kappa shape index (κ3) is 2.54. The Morgan fingerprint density at radius 1 is 1.31 bits per heavy atom. The van der Waals surface area contributed by atoms with Gasteiger partial charge in [0.15, 0.2) is 0 Å². The number of nitrogens with one attached hydrogen (secondary N) is 1. The Kier molecular flexibility index (Phi) is 5.11. The average molecular weight is 227 g/mol. The number of esters is 1. The molecule has 0 amide bonds. The first-order chi connectivity index (χ1) is 7.13. The molecule has 0 aliphatic rings. The van der Waals surface area contributed by atoms with Crippen molar-refractivity contribution in [3.05, 3.63) is 28.2 Å². The summed E-state index contributed by atoms with van der Waals surface area (Å²) in [6.45, 7) is 1.78. The molecule has 0 spiro atoms. The van der Waals surface area contributed by atoms with Gasteiger partial charge in [-0.05, 0) is 12.5 Å². The normalized spacial score (nSPS) is 8.94. The number of methoxy groups -OCH3 is 2. The van der Waals surface area contributed by atoms with Crippen LogP contribution < -0.4 is 9.91 Å². The first-order valence-electron chi connectivity index (χ1n) is 4.29. The van der Waals surface area contributed by atoms with E-state index in [9.17, 15) is 9.70 Å². The molecule has 1 rings (SSSR count). The molecule has 2 N–H and O–H groups in total. The van der Waals surface area contributed by atoms with Gasteiger partial charge in [0, 0.05) is 22.2 Å². The van der Waals surface area contributed by atoms with E-state index >= 15 is 0 Å². The van der Waals surface area contributed by atoms with E-state index in [1.54, 1.807) is 12.1 Å². The lowest BCUT2D eigenvalue weighted by Crippen LogP contribution is -2.56. The molecular formula is C10H13NO5. The summed E-state index contributed by atoms with van der Waals surface area (Å²) < 4.78 is 9.59. The third-order valence-electron chi connectivity index (χ3n) is 2.05. The second-order valence-electron chi connectivity index (χ2n) is 2.96. The second-order valence-corrected chi connectivity index (χ2v) is 2.96. The third-order valence-corrected chi connectivity index (χ3v) is 2.05. The van der Waals surface area contributed by atoms with Crippen LogP contribution in [0.5, 0.6) is 5.75 Å². The molecule has 0 bridgehead atoms. The maximum atomic E-state index is 11.3. The minimum absolute atomic E-state index is 0. The van der Waals surface area contributed by atoms with Gasteiger partial charge in [0.05, 0.1) is 14.2 Å². The van der Waals surface area contributed by atoms with Crippen LogP contribution in [0.3, 0.4) is 0 Å². The molecule has 16 heavy (non-hydrogen) atoms. The zero-order valence-corrected chi connectivity index (χ0v) is 9.23. The number of ether oxygens (including phenoxy) is 2. The molecule has 0 aliphatic carbocycles. The van der Waals surface area contributed by atoms with Gasteiger partial charge in [0.1, 0.15) is 11.3 Å². The fourth-order valence-electron chi connectivity index (χ4n) is 1.27. The van der Waals surface area contributed by atoms with Crippen LogP contribution in [0.1, 0.15) is 15.9 Å². The van der Waals surface area contributed by atoms with Gasteiger partial charge >= 0.3 is 5.97 Å². The van der Waals surface area contributed by atoms with E-state index < -0.39 is 5.97 Å². The fraction of sp³-hybridized carbons (Fsp3) is 0.300. The van der Waals surface area contributed by atoms with Crippen LogP contribution in [0, 0.1) is 11.8 Å². The lowest BCUT2D eigenvalue weighted by atomic mass is 10.1. The summed E-state index contributed by atoms with van der Waals surface area (Å²) >= 11 is 0. The molecule has 1 aromatic carbocycles. The zero-order valence-electron chi connectivity index (χ0n) is 9.23. The van der Waals surface area contributed by atoms with Gasteiger partial charge in [-0.2, -0.15) is 0 Å². The molecule has 88 valence electrons. The number of rotatable bonds is 3. The molecule has 0 saturated heterocycles. The molecule has 1 aromatic rings. The van der Waals surface area contributed by atoms with Crippen molar-refractivity contribution in [2.75, 3.05) is 14.2 Å². The highest BCUT2D eigenvalue weighted by atomic mass is 16.5. The van der Waals surface area contributed by atoms with Crippen molar-refractivity contribution in [2.24, 2.45) is 0 Å². The monoisotopic (exact) mass is 227 g/mol. The van der Waals surface area contributed by atoms with E-state index in [-0.39, 0.29) is 16.7 Å². The largest absolute Gasteiger partial charge is 0.870 e. The highest BCUT2D eigenvalue weighted by molar-refractivity contribution is 5.94. The molecule has 0 fully saturated rings. The van der Waals surface area contributed by atoms with E-state index in [4.69, 9.17) is 4.74 Å².